The Hall–Kier alpha value is -2.26. The molecule has 0 radical (unpaired) electrons. The number of nitrogens with zero attached hydrogens (tertiary/aromatic N) is 2. The average Bonchev–Trinajstić information content (AvgIpc) is 2.96. The van der Waals surface area contributed by atoms with Gasteiger partial charge in [0.15, 0.2) is 5.75 Å². The van der Waals surface area contributed by atoms with Crippen molar-refractivity contribution in [2.75, 3.05) is 26.2 Å². The molecule has 0 spiro atoms. The molecular weight excluding hydrogens is 467 g/mol. The number of ether oxygens (including phenoxy) is 1. The van der Waals surface area contributed by atoms with Crippen LogP contribution in [0, 0.1) is 0 Å². The minimum atomic E-state index is -0.769. The summed E-state index contributed by atoms with van der Waals surface area (Å²) >= 11 is 12.0. The quantitative estimate of drug-likeness (QED) is 0.276. The normalized spacial score (nSPS) is 14.5. The Morgan fingerprint density at radius 1 is 1.09 bits per heavy atom. The van der Waals surface area contributed by atoms with E-state index in [1.54, 1.807) is 30.7 Å². The summed E-state index contributed by atoms with van der Waals surface area (Å²) in [7, 11) is 1.65. The van der Waals surface area contributed by atoms with Gasteiger partial charge in [-0.3, -0.25) is 14.8 Å². The van der Waals surface area contributed by atoms with Crippen LogP contribution >= 0.6 is 23.2 Å². The van der Waals surface area contributed by atoms with Crippen LogP contribution in [0.1, 0.15) is 58.5 Å². The van der Waals surface area contributed by atoms with Crippen LogP contribution in [0.2, 0.25) is 10.0 Å². The molecule has 1 saturated heterocycles. The van der Waals surface area contributed by atoms with E-state index in [0.717, 1.165) is 26.1 Å². The first-order chi connectivity index (χ1) is 15.9. The Morgan fingerprint density at radius 2 is 1.82 bits per heavy atom. The molecule has 1 aliphatic rings. The average molecular weight is 497 g/mol. The number of benzene rings is 1. The first kappa shape index (κ1) is 25.4. The fourth-order valence-corrected chi connectivity index (χ4v) is 4.29. The maximum absolute atomic E-state index is 13.0. The largest absolute Gasteiger partial charge is 0.486 e. The fraction of sp³-hybridized carbons (Fsp3) is 0.478. The van der Waals surface area contributed by atoms with Crippen LogP contribution in [0.5, 0.6) is 5.75 Å². The summed E-state index contributed by atoms with van der Waals surface area (Å²) in [6.07, 6.45) is 7.31. The van der Waals surface area contributed by atoms with Gasteiger partial charge in [-0.05, 0) is 56.6 Å². The minimum Gasteiger partial charge on any atom is -0.486 e. The zero-order valence-corrected chi connectivity index (χ0v) is 20.2. The second-order valence-corrected chi connectivity index (χ2v) is 8.99. The lowest BCUT2D eigenvalue weighted by Crippen LogP contribution is -2.31. The fourth-order valence-electron chi connectivity index (χ4n) is 3.97. The third kappa shape index (κ3) is 6.86. The molecule has 180 valence electrons. The van der Waals surface area contributed by atoms with Crippen molar-refractivity contribution in [1.29, 1.82) is 0 Å². The summed E-state index contributed by atoms with van der Waals surface area (Å²) in [5.41, 5.74) is 2.57. The van der Waals surface area contributed by atoms with E-state index in [2.05, 4.69) is 10.2 Å². The van der Waals surface area contributed by atoms with Crippen LogP contribution in [0.3, 0.4) is 0 Å². The van der Waals surface area contributed by atoms with Crippen molar-refractivity contribution in [3.8, 4) is 5.75 Å². The van der Waals surface area contributed by atoms with E-state index >= 15 is 0 Å². The van der Waals surface area contributed by atoms with Crippen molar-refractivity contribution in [2.24, 2.45) is 7.05 Å². The number of amides is 2. The summed E-state index contributed by atoms with van der Waals surface area (Å²) < 4.78 is 7.38. The van der Waals surface area contributed by atoms with Crippen LogP contribution in [0.15, 0.2) is 24.4 Å². The topological polar surface area (TPSA) is 95.8 Å². The monoisotopic (exact) mass is 496 g/mol. The summed E-state index contributed by atoms with van der Waals surface area (Å²) in [5, 5.41) is 12.8. The van der Waals surface area contributed by atoms with Gasteiger partial charge in [0.05, 0.1) is 10.0 Å². The van der Waals surface area contributed by atoms with Gasteiger partial charge in [0.25, 0.3) is 11.8 Å². The molecule has 0 bridgehead atoms. The van der Waals surface area contributed by atoms with Gasteiger partial charge in [-0.25, -0.2) is 5.48 Å². The molecule has 8 nitrogen and oxygen atoms in total. The number of carbonyl (C=O) groups excluding carboxylic acids is 2. The number of hydroxylamine groups is 1. The lowest BCUT2D eigenvalue weighted by molar-refractivity contribution is 0.0702. The van der Waals surface area contributed by atoms with Gasteiger partial charge in [0.1, 0.15) is 17.9 Å². The smallest absolute Gasteiger partial charge is 0.279 e. The Labute approximate surface area is 203 Å². The number of halogens is 2. The van der Waals surface area contributed by atoms with Gasteiger partial charge in [-0.15, -0.1) is 0 Å². The van der Waals surface area contributed by atoms with E-state index in [1.165, 1.54) is 36.4 Å². The Kier molecular flexibility index (Phi) is 9.43. The highest BCUT2D eigenvalue weighted by Gasteiger charge is 2.26. The van der Waals surface area contributed by atoms with E-state index < -0.39 is 5.91 Å². The third-order valence-corrected chi connectivity index (χ3v) is 6.44. The molecule has 1 aliphatic heterocycles. The maximum Gasteiger partial charge on any atom is 0.279 e. The van der Waals surface area contributed by atoms with E-state index in [9.17, 15) is 9.59 Å². The molecule has 0 unspecified atom stereocenters. The lowest BCUT2D eigenvalue weighted by atomic mass is 10.2. The number of hydrogen-bond acceptors (Lipinski definition) is 5. The molecule has 1 aromatic heterocycles. The molecule has 1 fully saturated rings. The number of rotatable bonds is 9. The molecular formula is C23H30Cl2N4O4. The zero-order valence-electron chi connectivity index (χ0n) is 18.7. The first-order valence-corrected chi connectivity index (χ1v) is 11.9. The SMILES string of the molecule is Cn1cc(C(=O)NO)c(OCc2ccc(Cl)c(Cl)c2)c1C(=O)NCCCN1CCCCCC1. The van der Waals surface area contributed by atoms with Crippen molar-refractivity contribution in [2.45, 2.75) is 38.7 Å². The predicted molar refractivity (Wildman–Crippen MR) is 127 cm³/mol. The van der Waals surface area contributed by atoms with Gasteiger partial charge in [0, 0.05) is 19.8 Å². The molecule has 0 saturated carbocycles. The predicted octanol–water partition coefficient (Wildman–Crippen LogP) is 4.03. The molecule has 0 atom stereocenters. The molecule has 2 amide bonds. The van der Waals surface area contributed by atoms with E-state index in [1.807, 2.05) is 0 Å². The van der Waals surface area contributed by atoms with Gasteiger partial charge in [0.2, 0.25) is 0 Å². The third-order valence-electron chi connectivity index (χ3n) is 5.70. The Morgan fingerprint density at radius 3 is 2.48 bits per heavy atom. The summed E-state index contributed by atoms with van der Waals surface area (Å²) in [4.78, 5) is 27.6. The summed E-state index contributed by atoms with van der Waals surface area (Å²) in [5.74, 6) is -1.04. The van der Waals surface area contributed by atoms with Crippen molar-refractivity contribution < 1.29 is 19.5 Å². The van der Waals surface area contributed by atoms with Crippen LogP contribution in [-0.2, 0) is 13.7 Å². The summed E-state index contributed by atoms with van der Waals surface area (Å²) in [6, 6.07) is 5.04. The van der Waals surface area contributed by atoms with E-state index in [4.69, 9.17) is 33.1 Å². The van der Waals surface area contributed by atoms with Crippen molar-refractivity contribution in [3.05, 3.63) is 51.3 Å². The number of likely N-dealkylation sites (tertiary alicyclic amines) is 1. The number of carbonyl (C=O) groups is 2. The van der Waals surface area contributed by atoms with Crippen LogP contribution in [-0.4, -0.2) is 52.7 Å². The second kappa shape index (κ2) is 12.3. The van der Waals surface area contributed by atoms with E-state index in [0.29, 0.717) is 22.2 Å². The highest BCUT2D eigenvalue weighted by atomic mass is 35.5. The highest BCUT2D eigenvalue weighted by Crippen LogP contribution is 2.28. The molecule has 0 aliphatic carbocycles. The van der Waals surface area contributed by atoms with Gasteiger partial charge >= 0.3 is 0 Å². The van der Waals surface area contributed by atoms with Gasteiger partial charge in [-0.1, -0.05) is 42.1 Å². The zero-order chi connectivity index (χ0) is 23.8. The Balaban J connectivity index is 1.67. The Bertz CT molecular complexity index is 972. The van der Waals surface area contributed by atoms with Gasteiger partial charge < -0.3 is 19.5 Å². The van der Waals surface area contributed by atoms with Crippen molar-refractivity contribution in [3.63, 3.8) is 0 Å². The molecule has 33 heavy (non-hydrogen) atoms. The highest BCUT2D eigenvalue weighted by molar-refractivity contribution is 6.42. The molecule has 3 N–H and O–H groups in total. The molecule has 3 rings (SSSR count). The van der Waals surface area contributed by atoms with E-state index in [-0.39, 0.29) is 29.5 Å². The number of hydrogen-bond donors (Lipinski definition) is 3. The van der Waals surface area contributed by atoms with Crippen molar-refractivity contribution in [1.82, 2.24) is 20.3 Å². The molecule has 10 heteroatoms. The first-order valence-electron chi connectivity index (χ1n) is 11.1. The van der Waals surface area contributed by atoms with Crippen LogP contribution in [0.4, 0.5) is 0 Å². The van der Waals surface area contributed by atoms with Crippen molar-refractivity contribution >= 4 is 35.0 Å². The molecule has 1 aromatic carbocycles. The molecule has 2 heterocycles. The number of nitrogens with one attached hydrogen (secondary N) is 2. The van der Waals surface area contributed by atoms with Crippen LogP contribution < -0.4 is 15.5 Å². The maximum atomic E-state index is 13.0. The summed E-state index contributed by atoms with van der Waals surface area (Å²) in [6.45, 7) is 3.72. The molecule has 2 aromatic rings. The number of aryl methyl sites for hydroxylation is 1. The standard InChI is InChI=1S/C23H30Cl2N4O4/c1-28-14-17(22(30)27-32)21(33-15-16-7-8-18(24)19(25)13-16)20(28)23(31)26-9-6-12-29-10-4-2-3-5-11-29/h7-8,13-14,32H,2-6,9-12,15H2,1H3,(H,26,31)(H,27,30). The second-order valence-electron chi connectivity index (χ2n) is 8.17. The number of aromatic nitrogens is 1. The van der Waals surface area contributed by atoms with Crippen LogP contribution in [0.25, 0.3) is 0 Å². The minimum absolute atomic E-state index is 0.0507. The lowest BCUT2D eigenvalue weighted by Gasteiger charge is -2.19. The van der Waals surface area contributed by atoms with Gasteiger partial charge in [-0.2, -0.15) is 0 Å².